The van der Waals surface area contributed by atoms with Gasteiger partial charge in [0, 0.05) is 10.8 Å². The van der Waals surface area contributed by atoms with Crippen molar-refractivity contribution in [3.8, 4) is 0 Å². The Morgan fingerprint density at radius 1 is 0.696 bits per heavy atom. The van der Waals surface area contributed by atoms with Crippen LogP contribution >= 0.6 is 0 Å². The second kappa shape index (κ2) is 5.06. The molecule has 1 aromatic heterocycles. The lowest BCUT2D eigenvalue weighted by Crippen LogP contribution is -2.15. The van der Waals surface area contributed by atoms with Crippen molar-refractivity contribution in [3.63, 3.8) is 0 Å². The number of aryl methyl sites for hydroxylation is 4. The first kappa shape index (κ1) is 16.0. The van der Waals surface area contributed by atoms with E-state index >= 15 is 0 Å². The van der Waals surface area contributed by atoms with Crippen LogP contribution in [0.3, 0.4) is 0 Å². The van der Waals surface area contributed by atoms with E-state index in [-0.39, 0.29) is 5.41 Å². The summed E-state index contributed by atoms with van der Waals surface area (Å²) in [6.45, 7) is 18.0. The molecule has 1 nitrogen and oxygen atoms in total. The van der Waals surface area contributed by atoms with Gasteiger partial charge in [0.25, 0.3) is 0 Å². The van der Waals surface area contributed by atoms with Crippen molar-refractivity contribution < 1.29 is 0 Å². The van der Waals surface area contributed by atoms with Gasteiger partial charge in [0.15, 0.2) is 0 Å². The summed E-state index contributed by atoms with van der Waals surface area (Å²) >= 11 is 0. The van der Waals surface area contributed by atoms with E-state index in [1.165, 1.54) is 44.2 Å². The molecule has 0 saturated carbocycles. The van der Waals surface area contributed by atoms with Crippen LogP contribution in [0.25, 0.3) is 21.8 Å². The van der Waals surface area contributed by atoms with E-state index in [0.29, 0.717) is 0 Å². The van der Waals surface area contributed by atoms with Gasteiger partial charge in [-0.15, -0.1) is 0 Å². The largest absolute Gasteiger partial charge is 0.248 e. The van der Waals surface area contributed by atoms with Crippen molar-refractivity contribution in [1.82, 2.24) is 4.98 Å². The lowest BCUT2D eigenvalue weighted by molar-refractivity contribution is 0.600. The molecule has 0 saturated heterocycles. The first-order chi connectivity index (χ1) is 10.6. The molecule has 0 fully saturated rings. The van der Waals surface area contributed by atoms with Gasteiger partial charge in [0.1, 0.15) is 0 Å². The summed E-state index contributed by atoms with van der Waals surface area (Å²) in [5.41, 5.74) is 10.5. The Kier molecular flexibility index (Phi) is 3.51. The molecule has 120 valence electrons. The van der Waals surface area contributed by atoms with Gasteiger partial charge in [-0.05, 0) is 85.5 Å². The molecule has 0 radical (unpaired) electrons. The van der Waals surface area contributed by atoms with Crippen LogP contribution in [0.2, 0.25) is 0 Å². The van der Waals surface area contributed by atoms with Gasteiger partial charge in [-0.25, -0.2) is 4.98 Å². The van der Waals surface area contributed by atoms with Gasteiger partial charge in [-0.2, -0.15) is 0 Å². The van der Waals surface area contributed by atoms with E-state index in [9.17, 15) is 0 Å². The summed E-state index contributed by atoms with van der Waals surface area (Å²) in [6, 6.07) is 6.76. The molecule has 0 amide bonds. The Labute approximate surface area is 139 Å². The van der Waals surface area contributed by atoms with Crippen LogP contribution in [0.4, 0.5) is 0 Å². The fourth-order valence-electron chi connectivity index (χ4n) is 3.83. The van der Waals surface area contributed by atoms with Crippen molar-refractivity contribution in [2.45, 2.75) is 60.8 Å². The molecule has 0 aliphatic rings. The Bertz CT molecular complexity index is 940. The highest BCUT2D eigenvalue weighted by Gasteiger charge is 2.24. The third-order valence-electron chi connectivity index (χ3n) is 5.09. The van der Waals surface area contributed by atoms with Gasteiger partial charge in [-0.1, -0.05) is 26.8 Å². The van der Waals surface area contributed by atoms with Gasteiger partial charge < -0.3 is 0 Å². The predicted octanol–water partition coefficient (Wildman–Crippen LogP) is 6.23. The normalized spacial score (nSPS) is 12.3. The number of hydrogen-bond acceptors (Lipinski definition) is 1. The Morgan fingerprint density at radius 3 is 1.91 bits per heavy atom. The Balaban J connectivity index is 2.69. The summed E-state index contributed by atoms with van der Waals surface area (Å²) in [7, 11) is 0. The predicted molar refractivity (Wildman–Crippen MR) is 102 cm³/mol. The number of aromatic nitrogens is 1. The third-order valence-corrected chi connectivity index (χ3v) is 5.09. The Hall–Kier alpha value is -1.89. The molecule has 0 bridgehead atoms. The number of nitrogens with zero attached hydrogens (tertiary/aromatic N) is 1. The quantitative estimate of drug-likeness (QED) is 0.449. The topological polar surface area (TPSA) is 12.9 Å². The van der Waals surface area contributed by atoms with E-state index in [1.54, 1.807) is 0 Å². The van der Waals surface area contributed by atoms with E-state index in [4.69, 9.17) is 4.98 Å². The van der Waals surface area contributed by atoms with E-state index in [0.717, 1.165) is 11.0 Å². The zero-order chi connectivity index (χ0) is 17.1. The summed E-state index contributed by atoms with van der Waals surface area (Å²) in [4.78, 5) is 5.04. The average molecular weight is 305 g/mol. The molecular weight excluding hydrogens is 278 g/mol. The molecule has 0 spiro atoms. The van der Waals surface area contributed by atoms with Crippen LogP contribution in [0.15, 0.2) is 18.2 Å². The lowest BCUT2D eigenvalue weighted by Gasteiger charge is -2.26. The van der Waals surface area contributed by atoms with Crippen LogP contribution in [0.1, 0.15) is 54.2 Å². The smallest absolute Gasteiger partial charge is 0.0718 e. The number of pyridine rings is 1. The van der Waals surface area contributed by atoms with Crippen LogP contribution in [0, 0.1) is 34.6 Å². The zero-order valence-corrected chi connectivity index (χ0v) is 15.7. The highest BCUT2D eigenvalue weighted by Crippen LogP contribution is 2.39. The molecule has 3 aromatic rings. The summed E-state index contributed by atoms with van der Waals surface area (Å²) in [5, 5.41) is 2.68. The molecule has 2 aromatic carbocycles. The van der Waals surface area contributed by atoms with Crippen LogP contribution < -0.4 is 0 Å². The first-order valence-corrected chi connectivity index (χ1v) is 8.43. The molecular formula is C22H27N. The standard InChI is InChI=1S/C22H27N/c1-12-9-14(3)19-17(10-12)23-18-11-13(2)15(4)16(5)20(18)21(19)22(6,7)8/h9-11H,1-8H3. The SMILES string of the molecule is Cc1cc(C)c2c(C(C)(C)C)c3c(C)c(C)c(C)cc3nc2c1. The van der Waals surface area contributed by atoms with Crippen molar-refractivity contribution in [1.29, 1.82) is 0 Å². The first-order valence-electron chi connectivity index (χ1n) is 8.43. The number of hydrogen-bond donors (Lipinski definition) is 0. The van der Waals surface area contributed by atoms with Crippen LogP contribution in [0.5, 0.6) is 0 Å². The monoisotopic (exact) mass is 305 g/mol. The molecule has 1 heterocycles. The Morgan fingerprint density at radius 2 is 1.30 bits per heavy atom. The second-order valence-electron chi connectivity index (χ2n) is 8.05. The highest BCUT2D eigenvalue weighted by atomic mass is 14.7. The summed E-state index contributed by atoms with van der Waals surface area (Å²) in [5.74, 6) is 0. The van der Waals surface area contributed by atoms with E-state index in [2.05, 4.69) is 73.6 Å². The minimum Gasteiger partial charge on any atom is -0.248 e. The minimum absolute atomic E-state index is 0.0753. The van der Waals surface area contributed by atoms with Gasteiger partial charge >= 0.3 is 0 Å². The van der Waals surface area contributed by atoms with Gasteiger partial charge in [0.2, 0.25) is 0 Å². The fourth-order valence-corrected chi connectivity index (χ4v) is 3.83. The van der Waals surface area contributed by atoms with Crippen molar-refractivity contribution in [3.05, 3.63) is 51.6 Å². The molecule has 0 aliphatic carbocycles. The molecule has 3 rings (SSSR count). The van der Waals surface area contributed by atoms with Crippen molar-refractivity contribution in [2.75, 3.05) is 0 Å². The van der Waals surface area contributed by atoms with E-state index < -0.39 is 0 Å². The fraction of sp³-hybridized carbons (Fsp3) is 0.409. The van der Waals surface area contributed by atoms with Crippen LogP contribution in [-0.2, 0) is 5.41 Å². The average Bonchev–Trinajstić information content (AvgIpc) is 2.41. The van der Waals surface area contributed by atoms with Crippen LogP contribution in [-0.4, -0.2) is 4.98 Å². The molecule has 0 N–H and O–H groups in total. The summed E-state index contributed by atoms with van der Waals surface area (Å²) in [6.07, 6.45) is 0. The maximum absolute atomic E-state index is 5.04. The van der Waals surface area contributed by atoms with Gasteiger partial charge in [-0.3, -0.25) is 0 Å². The number of fused-ring (bicyclic) bond motifs is 2. The maximum Gasteiger partial charge on any atom is 0.0718 e. The molecule has 0 atom stereocenters. The van der Waals surface area contributed by atoms with Gasteiger partial charge in [0.05, 0.1) is 11.0 Å². The summed E-state index contributed by atoms with van der Waals surface area (Å²) < 4.78 is 0. The van der Waals surface area contributed by atoms with Crippen molar-refractivity contribution in [2.24, 2.45) is 0 Å². The molecule has 1 heteroatoms. The highest BCUT2D eigenvalue weighted by molar-refractivity contribution is 6.02. The minimum atomic E-state index is 0.0753. The van der Waals surface area contributed by atoms with E-state index in [1.807, 2.05) is 0 Å². The second-order valence-corrected chi connectivity index (χ2v) is 8.05. The lowest BCUT2D eigenvalue weighted by atomic mass is 9.79. The number of benzene rings is 2. The molecule has 0 unspecified atom stereocenters. The zero-order valence-electron chi connectivity index (χ0n) is 15.7. The maximum atomic E-state index is 5.04. The third kappa shape index (κ3) is 2.43. The molecule has 0 aliphatic heterocycles. The number of rotatable bonds is 0. The van der Waals surface area contributed by atoms with Crippen molar-refractivity contribution >= 4 is 21.8 Å². The molecule has 23 heavy (non-hydrogen) atoms.